The number of amides is 1. The number of ether oxygens (including phenoxy) is 1. The molecule has 0 aliphatic carbocycles. The smallest absolute Gasteiger partial charge is 0.277 e. The van der Waals surface area contributed by atoms with Crippen molar-refractivity contribution in [1.29, 1.82) is 0 Å². The van der Waals surface area contributed by atoms with Crippen molar-refractivity contribution in [1.82, 2.24) is 5.32 Å². The van der Waals surface area contributed by atoms with Crippen molar-refractivity contribution in [3.63, 3.8) is 0 Å². The summed E-state index contributed by atoms with van der Waals surface area (Å²) in [7, 11) is 0. The highest BCUT2D eigenvalue weighted by Crippen LogP contribution is 2.31. The minimum atomic E-state index is -3.08. The Bertz CT molecular complexity index is 487. The fourth-order valence-electron chi connectivity index (χ4n) is 1.40. The molecule has 118 valence electrons. The van der Waals surface area contributed by atoms with E-state index in [-0.39, 0.29) is 13.0 Å². The highest BCUT2D eigenvalue weighted by molar-refractivity contribution is 6.42. The summed E-state index contributed by atoms with van der Waals surface area (Å²) in [6.45, 7) is -1.34. The first-order valence-corrected chi connectivity index (χ1v) is 7.03. The van der Waals surface area contributed by atoms with Crippen LogP contribution in [0.1, 0.15) is 12.8 Å². The standard InChI is InChI=1S/C13H16Cl2F2N2O2/c14-9-3-1-4-10(12(9)15)21-6-2-5-11(20)19-8-13(16,17)7-18/h1,3-4H,2,5-8,18H2,(H,19,20). The molecule has 0 saturated heterocycles. The van der Waals surface area contributed by atoms with Crippen LogP contribution in [-0.2, 0) is 4.79 Å². The number of rotatable bonds is 8. The van der Waals surface area contributed by atoms with Crippen molar-refractivity contribution >= 4 is 29.1 Å². The Morgan fingerprint density at radius 1 is 1.38 bits per heavy atom. The number of alkyl halides is 2. The fourth-order valence-corrected chi connectivity index (χ4v) is 1.75. The van der Waals surface area contributed by atoms with E-state index < -0.39 is 24.9 Å². The summed E-state index contributed by atoms with van der Waals surface area (Å²) < 4.78 is 31.0. The van der Waals surface area contributed by atoms with E-state index in [2.05, 4.69) is 5.32 Å². The third-order valence-electron chi connectivity index (χ3n) is 2.56. The highest BCUT2D eigenvalue weighted by Gasteiger charge is 2.26. The van der Waals surface area contributed by atoms with Crippen molar-refractivity contribution < 1.29 is 18.3 Å². The molecule has 0 unspecified atom stereocenters. The van der Waals surface area contributed by atoms with Gasteiger partial charge in [0.2, 0.25) is 5.91 Å². The van der Waals surface area contributed by atoms with E-state index in [4.69, 9.17) is 33.7 Å². The first kappa shape index (κ1) is 17.9. The largest absolute Gasteiger partial charge is 0.492 e. The van der Waals surface area contributed by atoms with Gasteiger partial charge in [0.1, 0.15) is 10.8 Å². The maximum Gasteiger partial charge on any atom is 0.277 e. The molecule has 0 radical (unpaired) electrons. The molecule has 1 aromatic carbocycles. The first-order chi connectivity index (χ1) is 9.85. The van der Waals surface area contributed by atoms with Crippen LogP contribution in [0.5, 0.6) is 5.75 Å². The van der Waals surface area contributed by atoms with Gasteiger partial charge in [0, 0.05) is 6.42 Å². The molecule has 1 amide bonds. The normalized spacial score (nSPS) is 11.3. The Balaban J connectivity index is 2.25. The molecular formula is C13H16Cl2F2N2O2. The summed E-state index contributed by atoms with van der Waals surface area (Å²) in [6.07, 6.45) is 0.432. The van der Waals surface area contributed by atoms with Gasteiger partial charge in [-0.1, -0.05) is 29.3 Å². The summed E-state index contributed by atoms with van der Waals surface area (Å²) in [6, 6.07) is 4.96. The minimum Gasteiger partial charge on any atom is -0.492 e. The summed E-state index contributed by atoms with van der Waals surface area (Å²) >= 11 is 11.7. The van der Waals surface area contributed by atoms with Crippen molar-refractivity contribution in [3.8, 4) is 5.75 Å². The predicted octanol–water partition coefficient (Wildman–Crippen LogP) is 2.86. The lowest BCUT2D eigenvalue weighted by molar-refractivity contribution is -0.123. The van der Waals surface area contributed by atoms with Crippen LogP contribution in [0.25, 0.3) is 0 Å². The second-order valence-electron chi connectivity index (χ2n) is 4.34. The third-order valence-corrected chi connectivity index (χ3v) is 3.37. The summed E-state index contributed by atoms with van der Waals surface area (Å²) in [5, 5.41) is 2.79. The zero-order valence-electron chi connectivity index (χ0n) is 11.2. The van der Waals surface area contributed by atoms with Crippen LogP contribution >= 0.6 is 23.2 Å². The number of nitrogens with one attached hydrogen (secondary N) is 1. The van der Waals surface area contributed by atoms with Crippen LogP contribution in [0.2, 0.25) is 10.0 Å². The van der Waals surface area contributed by atoms with Gasteiger partial charge in [-0.15, -0.1) is 0 Å². The molecule has 1 rings (SSSR count). The Labute approximate surface area is 131 Å². The second kappa shape index (κ2) is 8.36. The lowest BCUT2D eigenvalue weighted by Crippen LogP contribution is -2.41. The van der Waals surface area contributed by atoms with E-state index in [9.17, 15) is 13.6 Å². The van der Waals surface area contributed by atoms with Crippen LogP contribution < -0.4 is 15.8 Å². The summed E-state index contributed by atoms with van der Waals surface area (Å²) in [5.74, 6) is -3.15. The third kappa shape index (κ3) is 6.46. The average Bonchev–Trinajstić information content (AvgIpc) is 2.45. The van der Waals surface area contributed by atoms with Gasteiger partial charge >= 0.3 is 0 Å². The van der Waals surface area contributed by atoms with Crippen molar-refractivity contribution in [2.45, 2.75) is 18.8 Å². The molecule has 8 heteroatoms. The monoisotopic (exact) mass is 340 g/mol. The van der Waals surface area contributed by atoms with Crippen molar-refractivity contribution in [2.24, 2.45) is 5.73 Å². The number of hydrogen-bond acceptors (Lipinski definition) is 3. The predicted molar refractivity (Wildman–Crippen MR) is 78.2 cm³/mol. The molecule has 0 aliphatic heterocycles. The number of carbonyl (C=O) groups is 1. The molecule has 0 atom stereocenters. The van der Waals surface area contributed by atoms with Crippen LogP contribution in [-0.4, -0.2) is 31.5 Å². The van der Waals surface area contributed by atoms with Crippen LogP contribution in [0.15, 0.2) is 18.2 Å². The van der Waals surface area contributed by atoms with E-state index in [1.165, 1.54) is 0 Å². The number of carbonyl (C=O) groups excluding carboxylic acids is 1. The number of benzene rings is 1. The molecule has 21 heavy (non-hydrogen) atoms. The fraction of sp³-hybridized carbons (Fsp3) is 0.462. The second-order valence-corrected chi connectivity index (χ2v) is 5.13. The Morgan fingerprint density at radius 2 is 2.10 bits per heavy atom. The van der Waals surface area contributed by atoms with Crippen LogP contribution in [0.4, 0.5) is 8.78 Å². The lowest BCUT2D eigenvalue weighted by Gasteiger charge is -2.14. The van der Waals surface area contributed by atoms with Gasteiger partial charge in [-0.05, 0) is 18.6 Å². The van der Waals surface area contributed by atoms with E-state index in [0.717, 1.165) is 0 Å². The van der Waals surface area contributed by atoms with Gasteiger partial charge < -0.3 is 15.8 Å². The van der Waals surface area contributed by atoms with Gasteiger partial charge in [0.15, 0.2) is 0 Å². The Kier molecular flexibility index (Phi) is 7.14. The van der Waals surface area contributed by atoms with E-state index in [1.807, 2.05) is 0 Å². The zero-order valence-corrected chi connectivity index (χ0v) is 12.7. The van der Waals surface area contributed by atoms with Crippen molar-refractivity contribution in [2.75, 3.05) is 19.7 Å². The molecule has 0 heterocycles. The van der Waals surface area contributed by atoms with E-state index in [1.54, 1.807) is 18.2 Å². The topological polar surface area (TPSA) is 64.3 Å². The quantitative estimate of drug-likeness (QED) is 0.715. The van der Waals surface area contributed by atoms with Gasteiger partial charge in [-0.25, -0.2) is 8.78 Å². The summed E-state index contributed by atoms with van der Waals surface area (Å²) in [4.78, 5) is 11.4. The van der Waals surface area contributed by atoms with Gasteiger partial charge in [-0.2, -0.15) is 0 Å². The Hall–Kier alpha value is -1.11. The maximum atomic E-state index is 12.8. The number of halogens is 4. The molecule has 0 bridgehead atoms. The van der Waals surface area contributed by atoms with Gasteiger partial charge in [-0.3, -0.25) is 4.79 Å². The molecule has 4 nitrogen and oxygen atoms in total. The van der Waals surface area contributed by atoms with E-state index in [0.29, 0.717) is 22.2 Å². The molecular weight excluding hydrogens is 325 g/mol. The van der Waals surface area contributed by atoms with Crippen LogP contribution in [0, 0.1) is 0 Å². The lowest BCUT2D eigenvalue weighted by atomic mass is 10.3. The highest BCUT2D eigenvalue weighted by atomic mass is 35.5. The molecule has 0 aliphatic rings. The minimum absolute atomic E-state index is 0.0683. The SMILES string of the molecule is NCC(F)(F)CNC(=O)CCCOc1cccc(Cl)c1Cl. The first-order valence-electron chi connectivity index (χ1n) is 6.27. The molecule has 3 N–H and O–H groups in total. The summed E-state index contributed by atoms with van der Waals surface area (Å²) in [5.41, 5.74) is 4.86. The number of nitrogens with two attached hydrogens (primary N) is 1. The van der Waals surface area contributed by atoms with E-state index >= 15 is 0 Å². The van der Waals surface area contributed by atoms with Gasteiger partial charge in [0.25, 0.3) is 5.92 Å². The van der Waals surface area contributed by atoms with Gasteiger partial charge in [0.05, 0.1) is 24.7 Å². The van der Waals surface area contributed by atoms with Crippen molar-refractivity contribution in [3.05, 3.63) is 28.2 Å². The zero-order chi connectivity index (χ0) is 15.9. The average molecular weight is 341 g/mol. The molecule has 0 spiro atoms. The van der Waals surface area contributed by atoms with Crippen LogP contribution in [0.3, 0.4) is 0 Å². The Morgan fingerprint density at radius 3 is 2.76 bits per heavy atom. The maximum absolute atomic E-state index is 12.8. The molecule has 0 fully saturated rings. The number of hydrogen-bond donors (Lipinski definition) is 2. The molecule has 1 aromatic rings. The molecule has 0 saturated carbocycles. The molecule has 0 aromatic heterocycles.